The molecule has 1 aromatic heterocycles. The zero-order chi connectivity index (χ0) is 21.5. The minimum absolute atomic E-state index is 0. The van der Waals surface area contributed by atoms with Crippen LogP contribution in [0.15, 0.2) is 84.9 Å². The predicted octanol–water partition coefficient (Wildman–Crippen LogP) is 5.57. The Morgan fingerprint density at radius 1 is 0.906 bits per heavy atom. The van der Waals surface area contributed by atoms with Crippen molar-refractivity contribution in [1.82, 2.24) is 9.55 Å². The highest BCUT2D eigenvalue weighted by Gasteiger charge is 2.17. The van der Waals surface area contributed by atoms with Gasteiger partial charge in [0.2, 0.25) is 0 Å². The van der Waals surface area contributed by atoms with Crippen LogP contribution in [0.4, 0.5) is 0 Å². The molecular weight excluding hydrogens is 424 g/mol. The largest absolute Gasteiger partial charge is 0.486 e. The summed E-state index contributed by atoms with van der Waals surface area (Å²) < 4.78 is 14.0. The molecule has 3 aromatic carbocycles. The molecule has 168 valence electrons. The molecule has 0 aliphatic rings. The van der Waals surface area contributed by atoms with E-state index in [1.165, 1.54) is 0 Å². The lowest BCUT2D eigenvalue weighted by Gasteiger charge is -2.20. The maximum absolute atomic E-state index is 10.8. The monoisotopic (exact) mass is 452 g/mol. The van der Waals surface area contributed by atoms with Crippen LogP contribution in [0.1, 0.15) is 30.8 Å². The van der Waals surface area contributed by atoms with Gasteiger partial charge in [0.05, 0.1) is 36.4 Å². The van der Waals surface area contributed by atoms with Crippen LogP contribution in [0, 0.1) is 0 Å². The molecule has 2 atom stereocenters. The molecule has 0 radical (unpaired) electrons. The lowest BCUT2D eigenvalue weighted by molar-refractivity contribution is -0.0176. The standard InChI is InChI=1S/C26H28N2O3.ClH/c1-2-25(20-11-5-3-6-12-20)31-18-21(29)17-28-24-16-10-9-15-23(24)27-26(28)19-30-22-13-7-4-8-14-22;/h3-16,21,25,29H,2,17-19H2,1H3;1H. The van der Waals surface area contributed by atoms with Crippen molar-refractivity contribution in [3.8, 4) is 5.75 Å². The summed E-state index contributed by atoms with van der Waals surface area (Å²) in [4.78, 5) is 4.73. The molecule has 2 unspecified atom stereocenters. The van der Waals surface area contributed by atoms with Crippen molar-refractivity contribution in [3.05, 3.63) is 96.3 Å². The van der Waals surface area contributed by atoms with Crippen molar-refractivity contribution in [2.75, 3.05) is 6.61 Å². The molecule has 0 bridgehead atoms. The van der Waals surface area contributed by atoms with E-state index in [0.29, 0.717) is 13.2 Å². The van der Waals surface area contributed by atoms with Crippen LogP contribution >= 0.6 is 12.4 Å². The number of hydrogen-bond donors (Lipinski definition) is 1. The van der Waals surface area contributed by atoms with Gasteiger partial charge in [-0.2, -0.15) is 0 Å². The molecular formula is C26H29ClN2O3. The van der Waals surface area contributed by atoms with Crippen molar-refractivity contribution in [3.63, 3.8) is 0 Å². The smallest absolute Gasteiger partial charge is 0.148 e. The first-order chi connectivity index (χ1) is 15.2. The highest BCUT2D eigenvalue weighted by molar-refractivity contribution is 5.85. The Labute approximate surface area is 195 Å². The number of imidazole rings is 1. The first-order valence-electron chi connectivity index (χ1n) is 10.7. The zero-order valence-electron chi connectivity index (χ0n) is 18.1. The molecule has 32 heavy (non-hydrogen) atoms. The Morgan fingerprint density at radius 2 is 1.56 bits per heavy atom. The number of rotatable bonds is 10. The van der Waals surface area contributed by atoms with Gasteiger partial charge >= 0.3 is 0 Å². The van der Waals surface area contributed by atoms with Crippen LogP contribution in [-0.2, 0) is 17.9 Å². The zero-order valence-corrected chi connectivity index (χ0v) is 18.9. The summed E-state index contributed by atoms with van der Waals surface area (Å²) >= 11 is 0. The van der Waals surface area contributed by atoms with Gasteiger partial charge in [-0.05, 0) is 36.2 Å². The fourth-order valence-corrected chi connectivity index (χ4v) is 3.71. The van der Waals surface area contributed by atoms with Gasteiger partial charge in [-0.1, -0.05) is 67.6 Å². The van der Waals surface area contributed by atoms with E-state index in [9.17, 15) is 5.11 Å². The minimum Gasteiger partial charge on any atom is -0.486 e. The summed E-state index contributed by atoms with van der Waals surface area (Å²) in [5.74, 6) is 1.57. The minimum atomic E-state index is -0.661. The van der Waals surface area contributed by atoms with Gasteiger partial charge < -0.3 is 19.1 Å². The summed E-state index contributed by atoms with van der Waals surface area (Å²) in [5.41, 5.74) is 2.99. The van der Waals surface area contributed by atoms with Crippen LogP contribution in [0.3, 0.4) is 0 Å². The number of para-hydroxylation sites is 3. The lowest BCUT2D eigenvalue weighted by atomic mass is 10.1. The van der Waals surface area contributed by atoms with E-state index < -0.39 is 6.10 Å². The van der Waals surface area contributed by atoms with Crippen LogP contribution in [0.5, 0.6) is 5.75 Å². The van der Waals surface area contributed by atoms with Gasteiger partial charge in [-0.15, -0.1) is 12.4 Å². The molecule has 0 aliphatic carbocycles. The second kappa shape index (κ2) is 11.7. The predicted molar refractivity (Wildman–Crippen MR) is 129 cm³/mol. The highest BCUT2D eigenvalue weighted by Crippen LogP contribution is 2.22. The lowest BCUT2D eigenvalue weighted by Crippen LogP contribution is -2.24. The molecule has 4 aromatic rings. The number of aliphatic hydroxyl groups is 1. The van der Waals surface area contributed by atoms with Gasteiger partial charge in [0.1, 0.15) is 18.2 Å². The first kappa shape index (κ1) is 23.8. The topological polar surface area (TPSA) is 56.5 Å². The molecule has 0 spiro atoms. The van der Waals surface area contributed by atoms with Crippen LogP contribution < -0.4 is 4.74 Å². The molecule has 0 saturated carbocycles. The van der Waals surface area contributed by atoms with Gasteiger partial charge in [0.15, 0.2) is 0 Å². The number of benzene rings is 3. The molecule has 6 heteroatoms. The van der Waals surface area contributed by atoms with E-state index >= 15 is 0 Å². The summed E-state index contributed by atoms with van der Waals surface area (Å²) in [7, 11) is 0. The summed E-state index contributed by atoms with van der Waals surface area (Å²) in [5, 5.41) is 10.8. The molecule has 0 aliphatic heterocycles. The third kappa shape index (κ3) is 5.88. The normalized spacial score (nSPS) is 12.8. The summed E-state index contributed by atoms with van der Waals surface area (Å²) in [6, 6.07) is 27.7. The van der Waals surface area contributed by atoms with Gasteiger partial charge in [0.25, 0.3) is 0 Å². The van der Waals surface area contributed by atoms with E-state index in [4.69, 9.17) is 14.5 Å². The van der Waals surface area contributed by atoms with E-state index in [-0.39, 0.29) is 25.1 Å². The van der Waals surface area contributed by atoms with Crippen LogP contribution in [0.25, 0.3) is 11.0 Å². The Hall–Kier alpha value is -2.86. The quantitative estimate of drug-likeness (QED) is 0.342. The van der Waals surface area contributed by atoms with Crippen molar-refractivity contribution in [2.24, 2.45) is 0 Å². The van der Waals surface area contributed by atoms with E-state index in [1.807, 2.05) is 77.4 Å². The van der Waals surface area contributed by atoms with Crippen LogP contribution in [-0.4, -0.2) is 27.4 Å². The van der Waals surface area contributed by atoms with Crippen molar-refractivity contribution >= 4 is 23.4 Å². The number of nitrogens with zero attached hydrogens (tertiary/aromatic N) is 2. The van der Waals surface area contributed by atoms with E-state index in [2.05, 4.69) is 19.1 Å². The summed E-state index contributed by atoms with van der Waals surface area (Å²) in [6.07, 6.45) is 0.156. The molecule has 1 heterocycles. The second-order valence-electron chi connectivity index (χ2n) is 7.52. The van der Waals surface area contributed by atoms with E-state index in [0.717, 1.165) is 34.6 Å². The van der Waals surface area contributed by atoms with Crippen molar-refractivity contribution in [2.45, 2.75) is 38.7 Å². The maximum Gasteiger partial charge on any atom is 0.148 e. The molecule has 0 saturated heterocycles. The number of hydrogen-bond acceptors (Lipinski definition) is 4. The number of ether oxygens (including phenoxy) is 2. The number of aliphatic hydroxyl groups excluding tert-OH is 1. The van der Waals surface area contributed by atoms with Gasteiger partial charge in [-0.25, -0.2) is 4.98 Å². The van der Waals surface area contributed by atoms with Gasteiger partial charge in [0, 0.05) is 0 Å². The molecule has 0 fully saturated rings. The Balaban J connectivity index is 0.00000289. The first-order valence-corrected chi connectivity index (χ1v) is 10.7. The average molecular weight is 453 g/mol. The number of halogens is 1. The Morgan fingerprint density at radius 3 is 2.28 bits per heavy atom. The van der Waals surface area contributed by atoms with Crippen molar-refractivity contribution < 1.29 is 14.6 Å². The third-order valence-electron chi connectivity index (χ3n) is 5.27. The van der Waals surface area contributed by atoms with E-state index in [1.54, 1.807) is 0 Å². The Bertz CT molecular complexity index is 1090. The number of aromatic nitrogens is 2. The fraction of sp³-hybridized carbons (Fsp3) is 0.269. The molecule has 0 amide bonds. The summed E-state index contributed by atoms with van der Waals surface area (Å²) in [6.45, 7) is 3.05. The fourth-order valence-electron chi connectivity index (χ4n) is 3.71. The highest BCUT2D eigenvalue weighted by atomic mass is 35.5. The average Bonchev–Trinajstić information content (AvgIpc) is 3.17. The maximum atomic E-state index is 10.8. The number of fused-ring (bicyclic) bond motifs is 1. The molecule has 5 nitrogen and oxygen atoms in total. The Kier molecular flexibility index (Phi) is 8.68. The second-order valence-corrected chi connectivity index (χ2v) is 7.52. The van der Waals surface area contributed by atoms with Crippen molar-refractivity contribution in [1.29, 1.82) is 0 Å². The van der Waals surface area contributed by atoms with Gasteiger partial charge in [-0.3, -0.25) is 0 Å². The SMILES string of the molecule is CCC(OCC(O)Cn1c(COc2ccccc2)nc2ccccc21)c1ccccc1.Cl. The molecule has 1 N–H and O–H groups in total. The van der Waals surface area contributed by atoms with Crippen LogP contribution in [0.2, 0.25) is 0 Å². The third-order valence-corrected chi connectivity index (χ3v) is 5.27. The molecule has 4 rings (SSSR count).